The van der Waals surface area contributed by atoms with Crippen LogP contribution in [-0.4, -0.2) is 30.2 Å². The van der Waals surface area contributed by atoms with Crippen LogP contribution >= 0.6 is 0 Å². The lowest BCUT2D eigenvalue weighted by atomic mass is 10.0. The van der Waals surface area contributed by atoms with Gasteiger partial charge in [0.05, 0.1) is 18.2 Å². The lowest BCUT2D eigenvalue weighted by Crippen LogP contribution is -2.52. The molecule has 0 unspecified atom stereocenters. The first-order chi connectivity index (χ1) is 8.01. The minimum absolute atomic E-state index is 0.116. The Morgan fingerprint density at radius 1 is 1.35 bits per heavy atom. The van der Waals surface area contributed by atoms with Crippen LogP contribution in [0.2, 0.25) is 0 Å². The van der Waals surface area contributed by atoms with Crippen molar-refractivity contribution in [3.05, 3.63) is 35.9 Å². The first-order valence-corrected chi connectivity index (χ1v) is 5.67. The standard InChI is InChI=1S/C13H20N2O2/c1-13(2,14-3)12(17)15-11(9-16)10-7-5-4-6-8-10/h4-8,11,14,16H,9H2,1-3H3,(H,15,17)/t11-/m1/s1. The number of aliphatic hydroxyl groups is 1. The van der Waals surface area contributed by atoms with Crippen LogP contribution in [0.1, 0.15) is 25.5 Å². The maximum atomic E-state index is 12.0. The summed E-state index contributed by atoms with van der Waals surface area (Å²) in [5, 5.41) is 15.1. The van der Waals surface area contributed by atoms with Crippen molar-refractivity contribution in [3.63, 3.8) is 0 Å². The van der Waals surface area contributed by atoms with Crippen LogP contribution in [0.3, 0.4) is 0 Å². The van der Waals surface area contributed by atoms with E-state index < -0.39 is 5.54 Å². The molecular weight excluding hydrogens is 216 g/mol. The van der Waals surface area contributed by atoms with Gasteiger partial charge in [0.15, 0.2) is 0 Å². The van der Waals surface area contributed by atoms with Gasteiger partial charge in [-0.15, -0.1) is 0 Å². The average molecular weight is 236 g/mol. The van der Waals surface area contributed by atoms with E-state index in [2.05, 4.69) is 10.6 Å². The maximum absolute atomic E-state index is 12.0. The fraction of sp³-hybridized carbons (Fsp3) is 0.462. The Morgan fingerprint density at radius 2 is 1.94 bits per heavy atom. The van der Waals surface area contributed by atoms with E-state index >= 15 is 0 Å². The van der Waals surface area contributed by atoms with Gasteiger partial charge < -0.3 is 15.7 Å². The SMILES string of the molecule is CNC(C)(C)C(=O)N[C@H](CO)c1ccccc1. The van der Waals surface area contributed by atoms with Gasteiger partial charge in [0.25, 0.3) is 0 Å². The summed E-state index contributed by atoms with van der Waals surface area (Å²) in [6.07, 6.45) is 0. The third kappa shape index (κ3) is 3.54. The first kappa shape index (κ1) is 13.7. The Hall–Kier alpha value is -1.39. The van der Waals surface area contributed by atoms with E-state index in [1.807, 2.05) is 30.3 Å². The molecule has 1 aromatic carbocycles. The third-order valence-electron chi connectivity index (χ3n) is 2.88. The highest BCUT2D eigenvalue weighted by Gasteiger charge is 2.27. The number of rotatable bonds is 5. The maximum Gasteiger partial charge on any atom is 0.240 e. The van der Waals surface area contributed by atoms with Gasteiger partial charge in [-0.25, -0.2) is 0 Å². The smallest absolute Gasteiger partial charge is 0.240 e. The Balaban J connectivity index is 2.75. The normalized spacial score (nSPS) is 13.2. The zero-order valence-electron chi connectivity index (χ0n) is 10.5. The minimum atomic E-state index is -0.651. The quantitative estimate of drug-likeness (QED) is 0.710. The highest BCUT2D eigenvalue weighted by Crippen LogP contribution is 2.13. The second kappa shape index (κ2) is 5.80. The molecule has 0 aliphatic heterocycles. The van der Waals surface area contributed by atoms with Crippen LogP contribution in [0.4, 0.5) is 0 Å². The minimum Gasteiger partial charge on any atom is -0.394 e. The Labute approximate surface area is 102 Å². The van der Waals surface area contributed by atoms with Crippen LogP contribution in [0, 0.1) is 0 Å². The summed E-state index contributed by atoms with van der Waals surface area (Å²) >= 11 is 0. The second-order valence-corrected chi connectivity index (χ2v) is 4.49. The van der Waals surface area contributed by atoms with Gasteiger partial charge in [0.2, 0.25) is 5.91 Å². The molecule has 0 bridgehead atoms. The lowest BCUT2D eigenvalue weighted by molar-refractivity contribution is -0.127. The van der Waals surface area contributed by atoms with Crippen molar-refractivity contribution in [2.45, 2.75) is 25.4 Å². The van der Waals surface area contributed by atoms with E-state index in [4.69, 9.17) is 0 Å². The summed E-state index contributed by atoms with van der Waals surface area (Å²) in [7, 11) is 1.73. The van der Waals surface area contributed by atoms with Gasteiger partial charge in [-0.1, -0.05) is 30.3 Å². The summed E-state index contributed by atoms with van der Waals surface area (Å²) in [5.41, 5.74) is 0.248. The van der Waals surface area contributed by atoms with Crippen molar-refractivity contribution >= 4 is 5.91 Å². The summed E-state index contributed by atoms with van der Waals surface area (Å²) in [6, 6.07) is 9.07. The third-order valence-corrected chi connectivity index (χ3v) is 2.88. The van der Waals surface area contributed by atoms with E-state index in [1.54, 1.807) is 20.9 Å². The molecular formula is C13H20N2O2. The molecule has 4 heteroatoms. The van der Waals surface area contributed by atoms with Crippen molar-refractivity contribution in [1.82, 2.24) is 10.6 Å². The number of benzene rings is 1. The zero-order valence-corrected chi connectivity index (χ0v) is 10.5. The molecule has 4 nitrogen and oxygen atoms in total. The predicted molar refractivity (Wildman–Crippen MR) is 67.6 cm³/mol. The number of amides is 1. The van der Waals surface area contributed by atoms with E-state index in [0.717, 1.165) is 5.56 Å². The van der Waals surface area contributed by atoms with Crippen LogP contribution < -0.4 is 10.6 Å². The molecule has 0 spiro atoms. The summed E-state index contributed by atoms with van der Waals surface area (Å²) in [4.78, 5) is 12.0. The topological polar surface area (TPSA) is 61.4 Å². The summed E-state index contributed by atoms with van der Waals surface area (Å²) in [5.74, 6) is -0.136. The van der Waals surface area contributed by atoms with Gasteiger partial charge in [0.1, 0.15) is 0 Å². The van der Waals surface area contributed by atoms with Gasteiger partial charge in [0, 0.05) is 0 Å². The highest BCUT2D eigenvalue weighted by molar-refractivity contribution is 5.85. The molecule has 1 rings (SSSR count). The van der Waals surface area contributed by atoms with Crippen LogP contribution in [0.5, 0.6) is 0 Å². The fourth-order valence-corrected chi connectivity index (χ4v) is 1.37. The molecule has 0 heterocycles. The number of likely N-dealkylation sites (N-methyl/N-ethyl adjacent to an activating group) is 1. The predicted octanol–water partition coefficient (Wildman–Crippen LogP) is 0.834. The number of hydrogen-bond donors (Lipinski definition) is 3. The number of carbonyl (C=O) groups is 1. The van der Waals surface area contributed by atoms with Crippen LogP contribution in [-0.2, 0) is 4.79 Å². The molecule has 0 saturated heterocycles. The van der Waals surface area contributed by atoms with Crippen LogP contribution in [0.15, 0.2) is 30.3 Å². The van der Waals surface area contributed by atoms with Gasteiger partial charge in [-0.05, 0) is 26.5 Å². The lowest BCUT2D eigenvalue weighted by Gasteiger charge is -2.26. The number of nitrogens with one attached hydrogen (secondary N) is 2. The monoisotopic (exact) mass is 236 g/mol. The molecule has 17 heavy (non-hydrogen) atoms. The average Bonchev–Trinajstić information content (AvgIpc) is 2.36. The summed E-state index contributed by atoms with van der Waals surface area (Å²) < 4.78 is 0. The Bertz CT molecular complexity index is 363. The molecule has 3 N–H and O–H groups in total. The molecule has 94 valence electrons. The molecule has 0 fully saturated rings. The van der Waals surface area contributed by atoms with E-state index in [1.165, 1.54) is 0 Å². The second-order valence-electron chi connectivity index (χ2n) is 4.49. The fourth-order valence-electron chi connectivity index (χ4n) is 1.37. The van der Waals surface area contributed by atoms with Crippen molar-refractivity contribution < 1.29 is 9.90 Å². The number of aliphatic hydroxyl groups excluding tert-OH is 1. The van der Waals surface area contributed by atoms with Crippen molar-refractivity contribution in [1.29, 1.82) is 0 Å². The molecule has 1 atom stereocenters. The first-order valence-electron chi connectivity index (χ1n) is 5.67. The molecule has 0 aliphatic carbocycles. The Kier molecular flexibility index (Phi) is 4.66. The summed E-state index contributed by atoms with van der Waals surface area (Å²) in [6.45, 7) is 3.47. The van der Waals surface area contributed by atoms with Crippen LogP contribution in [0.25, 0.3) is 0 Å². The van der Waals surface area contributed by atoms with Crippen molar-refractivity contribution in [3.8, 4) is 0 Å². The van der Waals surface area contributed by atoms with Gasteiger partial charge >= 0.3 is 0 Å². The van der Waals surface area contributed by atoms with Crippen molar-refractivity contribution in [2.75, 3.05) is 13.7 Å². The van der Waals surface area contributed by atoms with Gasteiger partial charge in [-0.2, -0.15) is 0 Å². The number of carbonyl (C=O) groups excluding carboxylic acids is 1. The molecule has 0 saturated carbocycles. The molecule has 0 aliphatic rings. The zero-order chi connectivity index (χ0) is 12.9. The van der Waals surface area contributed by atoms with E-state index in [0.29, 0.717) is 0 Å². The van der Waals surface area contributed by atoms with E-state index in [-0.39, 0.29) is 18.6 Å². The van der Waals surface area contributed by atoms with Crippen molar-refractivity contribution in [2.24, 2.45) is 0 Å². The Morgan fingerprint density at radius 3 is 2.41 bits per heavy atom. The number of hydrogen-bond acceptors (Lipinski definition) is 3. The largest absolute Gasteiger partial charge is 0.394 e. The molecule has 0 aromatic heterocycles. The molecule has 1 amide bonds. The highest BCUT2D eigenvalue weighted by atomic mass is 16.3. The molecule has 0 radical (unpaired) electrons. The van der Waals surface area contributed by atoms with E-state index in [9.17, 15) is 9.90 Å². The van der Waals surface area contributed by atoms with Gasteiger partial charge in [-0.3, -0.25) is 4.79 Å². The molecule has 1 aromatic rings.